The van der Waals surface area contributed by atoms with Gasteiger partial charge in [0.25, 0.3) is 0 Å². The maximum absolute atomic E-state index is 11.9. The van der Waals surface area contributed by atoms with Gasteiger partial charge >= 0.3 is 0 Å². The van der Waals surface area contributed by atoms with Crippen molar-refractivity contribution in [2.75, 3.05) is 13.1 Å². The van der Waals surface area contributed by atoms with Crippen molar-refractivity contribution in [2.24, 2.45) is 17.6 Å². The van der Waals surface area contributed by atoms with Crippen molar-refractivity contribution in [2.45, 2.75) is 38.1 Å². The fourth-order valence-electron chi connectivity index (χ4n) is 2.72. The summed E-state index contributed by atoms with van der Waals surface area (Å²) in [4.78, 5) is 22.9. The highest BCUT2D eigenvalue weighted by Gasteiger charge is 2.28. The van der Waals surface area contributed by atoms with E-state index in [0.29, 0.717) is 0 Å². The zero-order valence-corrected chi connectivity index (χ0v) is 10.1. The zero-order chi connectivity index (χ0) is 12.3. The molecule has 1 unspecified atom stereocenters. The lowest BCUT2D eigenvalue weighted by Gasteiger charge is -2.28. The first kappa shape index (κ1) is 12.4. The molecule has 2 amide bonds. The predicted octanol–water partition coefficient (Wildman–Crippen LogP) is -0.244. The van der Waals surface area contributed by atoms with Gasteiger partial charge in [-0.2, -0.15) is 0 Å². The third kappa shape index (κ3) is 3.19. The van der Waals surface area contributed by atoms with E-state index in [0.717, 1.165) is 45.2 Å². The molecule has 5 nitrogen and oxygen atoms in total. The molecule has 17 heavy (non-hydrogen) atoms. The normalized spacial score (nSPS) is 33.3. The number of nitrogens with two attached hydrogens (primary N) is 1. The molecule has 0 aromatic heterocycles. The van der Waals surface area contributed by atoms with Crippen LogP contribution in [0.4, 0.5) is 0 Å². The Bertz CT molecular complexity index is 292. The molecular weight excluding hydrogens is 218 g/mol. The third-order valence-electron chi connectivity index (χ3n) is 3.91. The summed E-state index contributed by atoms with van der Waals surface area (Å²) in [6.45, 7) is 1.73. The first-order valence-electron chi connectivity index (χ1n) is 6.47. The fourth-order valence-corrected chi connectivity index (χ4v) is 2.72. The summed E-state index contributed by atoms with van der Waals surface area (Å²) in [6, 6.07) is 0.235. The van der Waals surface area contributed by atoms with Crippen molar-refractivity contribution in [3.8, 4) is 0 Å². The molecular formula is C12H21N3O2. The summed E-state index contributed by atoms with van der Waals surface area (Å²) < 4.78 is 0. The van der Waals surface area contributed by atoms with Crippen LogP contribution in [0.15, 0.2) is 0 Å². The van der Waals surface area contributed by atoms with Gasteiger partial charge in [-0.25, -0.2) is 0 Å². The van der Waals surface area contributed by atoms with Crippen molar-refractivity contribution < 1.29 is 9.59 Å². The molecule has 0 bridgehead atoms. The second-order valence-corrected chi connectivity index (χ2v) is 5.15. The van der Waals surface area contributed by atoms with Crippen LogP contribution in [0.5, 0.6) is 0 Å². The van der Waals surface area contributed by atoms with E-state index < -0.39 is 0 Å². The minimum absolute atomic E-state index is 0.0105. The van der Waals surface area contributed by atoms with Crippen LogP contribution in [-0.4, -0.2) is 30.9 Å². The van der Waals surface area contributed by atoms with Crippen LogP contribution in [0.25, 0.3) is 0 Å². The molecule has 0 aromatic carbocycles. The SMILES string of the molecule is NC(=O)C1CCC(NC(=O)C2CCNC2)CC1. The molecule has 1 saturated heterocycles. The Balaban J connectivity index is 1.74. The number of rotatable bonds is 3. The lowest BCUT2D eigenvalue weighted by atomic mass is 9.85. The minimum atomic E-state index is -0.199. The maximum atomic E-state index is 11.9. The largest absolute Gasteiger partial charge is 0.369 e. The highest BCUT2D eigenvalue weighted by atomic mass is 16.2. The van der Waals surface area contributed by atoms with E-state index >= 15 is 0 Å². The topological polar surface area (TPSA) is 84.2 Å². The summed E-state index contributed by atoms with van der Waals surface area (Å²) in [5.74, 6) is 0.104. The van der Waals surface area contributed by atoms with Gasteiger partial charge in [0, 0.05) is 18.5 Å². The molecule has 1 atom stereocenters. The number of carbonyl (C=O) groups excluding carboxylic acids is 2. The molecule has 4 N–H and O–H groups in total. The molecule has 0 radical (unpaired) electrons. The third-order valence-corrected chi connectivity index (χ3v) is 3.91. The molecule has 0 spiro atoms. The molecule has 1 saturated carbocycles. The first-order valence-corrected chi connectivity index (χ1v) is 6.47. The van der Waals surface area contributed by atoms with Crippen LogP contribution in [0, 0.1) is 11.8 Å². The van der Waals surface area contributed by atoms with Crippen molar-refractivity contribution in [3.05, 3.63) is 0 Å². The molecule has 1 aliphatic carbocycles. The summed E-state index contributed by atoms with van der Waals surface area (Å²) in [5.41, 5.74) is 5.28. The van der Waals surface area contributed by atoms with Gasteiger partial charge in [-0.05, 0) is 38.6 Å². The van der Waals surface area contributed by atoms with Gasteiger partial charge in [-0.3, -0.25) is 9.59 Å². The standard InChI is InChI=1S/C12H21N3O2/c13-11(16)8-1-3-10(4-2-8)15-12(17)9-5-6-14-7-9/h8-10,14H,1-7H2,(H2,13,16)(H,15,17). The molecule has 2 aliphatic rings. The van der Waals surface area contributed by atoms with E-state index in [1.807, 2.05) is 0 Å². The predicted molar refractivity (Wildman–Crippen MR) is 64.1 cm³/mol. The Morgan fingerprint density at radius 3 is 2.29 bits per heavy atom. The Kier molecular flexibility index (Phi) is 3.99. The zero-order valence-electron chi connectivity index (χ0n) is 10.1. The van der Waals surface area contributed by atoms with E-state index in [1.165, 1.54) is 0 Å². The second kappa shape index (κ2) is 5.49. The smallest absolute Gasteiger partial charge is 0.224 e. The van der Waals surface area contributed by atoms with Crippen LogP contribution in [0.1, 0.15) is 32.1 Å². The molecule has 0 aromatic rings. The fraction of sp³-hybridized carbons (Fsp3) is 0.833. The van der Waals surface area contributed by atoms with Crippen LogP contribution in [0.2, 0.25) is 0 Å². The van der Waals surface area contributed by atoms with Crippen molar-refractivity contribution >= 4 is 11.8 Å². The lowest BCUT2D eigenvalue weighted by molar-refractivity contribution is -0.125. The highest BCUT2D eigenvalue weighted by molar-refractivity contribution is 5.79. The molecule has 2 fully saturated rings. The number of amides is 2. The first-order chi connectivity index (χ1) is 8.16. The summed E-state index contributed by atoms with van der Waals surface area (Å²) in [5, 5.41) is 6.28. The van der Waals surface area contributed by atoms with Crippen LogP contribution < -0.4 is 16.4 Å². The monoisotopic (exact) mass is 239 g/mol. The number of primary amides is 1. The van der Waals surface area contributed by atoms with E-state index in [2.05, 4.69) is 10.6 Å². The van der Waals surface area contributed by atoms with Crippen molar-refractivity contribution in [1.29, 1.82) is 0 Å². The van der Waals surface area contributed by atoms with Gasteiger partial charge in [0.05, 0.1) is 5.92 Å². The second-order valence-electron chi connectivity index (χ2n) is 5.15. The van der Waals surface area contributed by atoms with Crippen molar-refractivity contribution in [3.63, 3.8) is 0 Å². The van der Waals surface area contributed by atoms with Gasteiger partial charge in [0.1, 0.15) is 0 Å². The van der Waals surface area contributed by atoms with E-state index in [1.54, 1.807) is 0 Å². The Morgan fingerprint density at radius 1 is 1.06 bits per heavy atom. The Labute approximate surface area is 102 Å². The number of nitrogens with one attached hydrogen (secondary N) is 2. The van der Waals surface area contributed by atoms with Crippen LogP contribution in [0.3, 0.4) is 0 Å². The van der Waals surface area contributed by atoms with E-state index in [-0.39, 0.29) is 29.7 Å². The maximum Gasteiger partial charge on any atom is 0.224 e. The van der Waals surface area contributed by atoms with Gasteiger partial charge in [0.15, 0.2) is 0 Å². The van der Waals surface area contributed by atoms with Crippen molar-refractivity contribution in [1.82, 2.24) is 10.6 Å². The summed E-state index contributed by atoms with van der Waals surface area (Å²) >= 11 is 0. The van der Waals surface area contributed by atoms with Gasteiger partial charge in [-0.1, -0.05) is 0 Å². The average Bonchev–Trinajstić information content (AvgIpc) is 2.83. The number of carbonyl (C=O) groups is 2. The van der Waals surface area contributed by atoms with Gasteiger partial charge in [-0.15, -0.1) is 0 Å². The Hall–Kier alpha value is -1.10. The van der Waals surface area contributed by atoms with Gasteiger partial charge < -0.3 is 16.4 Å². The van der Waals surface area contributed by atoms with E-state index in [9.17, 15) is 9.59 Å². The number of hydrogen-bond acceptors (Lipinski definition) is 3. The lowest BCUT2D eigenvalue weighted by Crippen LogP contribution is -2.42. The average molecular weight is 239 g/mol. The minimum Gasteiger partial charge on any atom is -0.369 e. The molecule has 2 rings (SSSR count). The highest BCUT2D eigenvalue weighted by Crippen LogP contribution is 2.24. The molecule has 1 aliphatic heterocycles. The summed E-state index contributed by atoms with van der Waals surface area (Å²) in [7, 11) is 0. The molecule has 5 heteroatoms. The number of hydrogen-bond donors (Lipinski definition) is 3. The Morgan fingerprint density at radius 2 is 1.76 bits per heavy atom. The molecule has 1 heterocycles. The van der Waals surface area contributed by atoms with Gasteiger partial charge in [0.2, 0.25) is 11.8 Å². The van der Waals surface area contributed by atoms with Crippen LogP contribution in [-0.2, 0) is 9.59 Å². The quantitative estimate of drug-likeness (QED) is 0.635. The van der Waals surface area contributed by atoms with Crippen LogP contribution >= 0.6 is 0 Å². The summed E-state index contributed by atoms with van der Waals surface area (Å²) in [6.07, 6.45) is 4.30. The van der Waals surface area contributed by atoms with E-state index in [4.69, 9.17) is 5.73 Å². The molecule has 96 valence electrons.